The van der Waals surface area contributed by atoms with E-state index in [1.807, 2.05) is 6.92 Å². The third-order valence-corrected chi connectivity index (χ3v) is 3.91. The Hall–Kier alpha value is -2.41. The number of nitrogens with zero attached hydrogens (tertiary/aromatic N) is 2. The first kappa shape index (κ1) is 16.0. The van der Waals surface area contributed by atoms with Gasteiger partial charge < -0.3 is 14.7 Å². The number of rotatable bonds is 6. The van der Waals surface area contributed by atoms with Gasteiger partial charge in [-0.3, -0.25) is 4.79 Å². The topological polar surface area (TPSA) is 79.7 Å². The Bertz CT molecular complexity index is 666. The number of aromatic nitrogens is 1. The quantitative estimate of drug-likeness (QED) is 0.882. The zero-order valence-electron chi connectivity index (χ0n) is 12.3. The summed E-state index contributed by atoms with van der Waals surface area (Å²) in [5.74, 6) is -0.598. The third-order valence-electron chi connectivity index (χ3n) is 2.99. The van der Waals surface area contributed by atoms with Gasteiger partial charge in [-0.1, -0.05) is 12.1 Å². The van der Waals surface area contributed by atoms with Crippen LogP contribution in [0.1, 0.15) is 20.9 Å². The number of carboxylic acid groups (broad SMARTS) is 1. The molecule has 1 N–H and O–H groups in total. The lowest BCUT2D eigenvalue weighted by atomic mass is 10.2. The number of thiazole rings is 1. The molecule has 0 spiro atoms. The molecule has 22 heavy (non-hydrogen) atoms. The molecule has 0 aliphatic carbocycles. The van der Waals surface area contributed by atoms with Crippen LogP contribution in [-0.4, -0.2) is 40.5 Å². The minimum absolute atomic E-state index is 0.0637. The van der Waals surface area contributed by atoms with Gasteiger partial charge >= 0.3 is 5.97 Å². The Morgan fingerprint density at radius 1 is 1.32 bits per heavy atom. The molecule has 1 aromatic heterocycles. The van der Waals surface area contributed by atoms with Gasteiger partial charge in [-0.05, 0) is 24.6 Å². The van der Waals surface area contributed by atoms with Crippen molar-refractivity contribution in [3.05, 3.63) is 45.9 Å². The van der Waals surface area contributed by atoms with Crippen molar-refractivity contribution >= 4 is 23.2 Å². The number of benzene rings is 1. The zero-order chi connectivity index (χ0) is 16.1. The van der Waals surface area contributed by atoms with Gasteiger partial charge in [0.25, 0.3) is 5.91 Å². The monoisotopic (exact) mass is 320 g/mol. The smallest absolute Gasteiger partial charge is 0.341 e. The fourth-order valence-corrected chi connectivity index (χ4v) is 2.66. The van der Waals surface area contributed by atoms with E-state index in [-0.39, 0.29) is 12.5 Å². The van der Waals surface area contributed by atoms with Crippen molar-refractivity contribution in [1.82, 2.24) is 9.88 Å². The van der Waals surface area contributed by atoms with Crippen LogP contribution in [0.2, 0.25) is 0 Å². The van der Waals surface area contributed by atoms with Crippen molar-refractivity contribution in [2.45, 2.75) is 13.5 Å². The van der Waals surface area contributed by atoms with E-state index in [1.54, 1.807) is 41.7 Å². The Morgan fingerprint density at radius 3 is 2.55 bits per heavy atom. The standard InChI is InChI=1S/C15H16N2O4S/c1-10-14(22-9-16-10)15(20)17(2)7-11-3-5-12(6-4-11)21-8-13(18)19/h3-6,9H,7-8H2,1-2H3,(H,18,19). The maximum absolute atomic E-state index is 12.3. The van der Waals surface area contributed by atoms with Crippen LogP contribution in [0, 0.1) is 6.92 Å². The molecule has 6 nitrogen and oxygen atoms in total. The summed E-state index contributed by atoms with van der Waals surface area (Å²) < 4.78 is 5.06. The normalized spacial score (nSPS) is 10.3. The Kier molecular flexibility index (Phi) is 5.11. The lowest BCUT2D eigenvalue weighted by Gasteiger charge is -2.17. The number of ether oxygens (including phenoxy) is 1. The number of hydrogen-bond acceptors (Lipinski definition) is 5. The number of hydrogen-bond donors (Lipinski definition) is 1. The summed E-state index contributed by atoms with van der Waals surface area (Å²) in [4.78, 5) is 29.0. The van der Waals surface area contributed by atoms with E-state index in [4.69, 9.17) is 9.84 Å². The molecule has 0 radical (unpaired) electrons. The average molecular weight is 320 g/mol. The largest absolute Gasteiger partial charge is 0.482 e. The fourth-order valence-electron chi connectivity index (χ4n) is 1.86. The van der Waals surface area contributed by atoms with Crippen molar-refractivity contribution < 1.29 is 19.4 Å². The van der Waals surface area contributed by atoms with Crippen LogP contribution in [-0.2, 0) is 11.3 Å². The van der Waals surface area contributed by atoms with Gasteiger partial charge in [0.1, 0.15) is 10.6 Å². The SMILES string of the molecule is Cc1ncsc1C(=O)N(C)Cc1ccc(OCC(=O)O)cc1. The molecule has 1 heterocycles. The maximum atomic E-state index is 12.3. The molecule has 1 amide bonds. The van der Waals surface area contributed by atoms with Gasteiger partial charge in [0, 0.05) is 13.6 Å². The van der Waals surface area contributed by atoms with Crippen LogP contribution < -0.4 is 4.74 Å². The highest BCUT2D eigenvalue weighted by Gasteiger charge is 2.16. The van der Waals surface area contributed by atoms with Crippen LogP contribution >= 0.6 is 11.3 Å². The first-order chi connectivity index (χ1) is 10.5. The Labute approximate surface area is 132 Å². The first-order valence-electron chi connectivity index (χ1n) is 6.56. The number of aryl methyl sites for hydroxylation is 1. The molecule has 1 aromatic carbocycles. The second-order valence-electron chi connectivity index (χ2n) is 4.75. The van der Waals surface area contributed by atoms with E-state index in [2.05, 4.69) is 4.98 Å². The maximum Gasteiger partial charge on any atom is 0.341 e. The predicted octanol–water partition coefficient (Wildman–Crippen LogP) is 2.19. The molecule has 2 aromatic rings. The summed E-state index contributed by atoms with van der Waals surface area (Å²) in [6.45, 7) is 1.89. The summed E-state index contributed by atoms with van der Waals surface area (Å²) >= 11 is 1.33. The average Bonchev–Trinajstić information content (AvgIpc) is 2.91. The summed E-state index contributed by atoms with van der Waals surface area (Å²) in [6, 6.07) is 6.99. The molecule has 0 aliphatic rings. The minimum Gasteiger partial charge on any atom is -0.482 e. The predicted molar refractivity (Wildman–Crippen MR) is 82.2 cm³/mol. The summed E-state index contributed by atoms with van der Waals surface area (Å²) in [7, 11) is 1.73. The number of aliphatic carboxylic acids is 1. The molecule has 0 atom stereocenters. The van der Waals surface area contributed by atoms with Crippen LogP contribution in [0.4, 0.5) is 0 Å². The lowest BCUT2D eigenvalue weighted by molar-refractivity contribution is -0.139. The molecule has 0 unspecified atom stereocenters. The van der Waals surface area contributed by atoms with E-state index in [0.717, 1.165) is 11.3 Å². The van der Waals surface area contributed by atoms with Crippen LogP contribution in [0.5, 0.6) is 5.75 Å². The van der Waals surface area contributed by atoms with Crippen molar-refractivity contribution in [3.8, 4) is 5.75 Å². The van der Waals surface area contributed by atoms with E-state index in [9.17, 15) is 9.59 Å². The second-order valence-corrected chi connectivity index (χ2v) is 5.61. The van der Waals surface area contributed by atoms with E-state index < -0.39 is 5.97 Å². The van der Waals surface area contributed by atoms with Crippen LogP contribution in [0.25, 0.3) is 0 Å². The highest BCUT2D eigenvalue weighted by molar-refractivity contribution is 7.11. The van der Waals surface area contributed by atoms with Gasteiger partial charge in [0.05, 0.1) is 11.2 Å². The number of carboxylic acids is 1. The number of carbonyl (C=O) groups excluding carboxylic acids is 1. The van der Waals surface area contributed by atoms with Crippen molar-refractivity contribution in [3.63, 3.8) is 0 Å². The zero-order valence-corrected chi connectivity index (χ0v) is 13.1. The minimum atomic E-state index is -1.02. The van der Waals surface area contributed by atoms with Gasteiger partial charge in [0.2, 0.25) is 0 Å². The Balaban J connectivity index is 1.97. The van der Waals surface area contributed by atoms with Crippen molar-refractivity contribution in [1.29, 1.82) is 0 Å². The van der Waals surface area contributed by atoms with E-state index in [0.29, 0.717) is 17.2 Å². The summed E-state index contributed by atoms with van der Waals surface area (Å²) in [5.41, 5.74) is 3.32. The number of amides is 1. The number of carbonyl (C=O) groups is 2. The second kappa shape index (κ2) is 7.04. The molecule has 7 heteroatoms. The highest BCUT2D eigenvalue weighted by Crippen LogP contribution is 2.17. The molecular formula is C15H16N2O4S. The van der Waals surface area contributed by atoms with Crippen molar-refractivity contribution in [2.24, 2.45) is 0 Å². The molecule has 2 rings (SSSR count). The lowest BCUT2D eigenvalue weighted by Crippen LogP contribution is -2.26. The molecule has 0 fully saturated rings. The molecule has 0 saturated carbocycles. The fraction of sp³-hybridized carbons (Fsp3) is 0.267. The first-order valence-corrected chi connectivity index (χ1v) is 7.44. The van der Waals surface area contributed by atoms with Gasteiger partial charge in [-0.2, -0.15) is 0 Å². The van der Waals surface area contributed by atoms with E-state index >= 15 is 0 Å². The third kappa shape index (κ3) is 4.05. The molecule has 0 aliphatic heterocycles. The van der Waals surface area contributed by atoms with Gasteiger partial charge in [-0.25, -0.2) is 9.78 Å². The summed E-state index contributed by atoms with van der Waals surface area (Å²) in [5, 5.41) is 8.55. The Morgan fingerprint density at radius 2 is 2.00 bits per heavy atom. The van der Waals surface area contributed by atoms with Gasteiger partial charge in [0.15, 0.2) is 6.61 Å². The molecule has 0 bridgehead atoms. The van der Waals surface area contributed by atoms with Crippen molar-refractivity contribution in [2.75, 3.05) is 13.7 Å². The van der Waals surface area contributed by atoms with Gasteiger partial charge in [-0.15, -0.1) is 11.3 Å². The van der Waals surface area contributed by atoms with E-state index in [1.165, 1.54) is 11.3 Å². The molecule has 0 saturated heterocycles. The molecule has 116 valence electrons. The van der Waals surface area contributed by atoms with Crippen LogP contribution in [0.15, 0.2) is 29.8 Å². The highest BCUT2D eigenvalue weighted by atomic mass is 32.1. The molecular weight excluding hydrogens is 304 g/mol. The summed E-state index contributed by atoms with van der Waals surface area (Å²) in [6.07, 6.45) is 0. The van der Waals surface area contributed by atoms with Crippen LogP contribution in [0.3, 0.4) is 0 Å².